The molecule has 0 bridgehead atoms. The van der Waals surface area contributed by atoms with Crippen molar-refractivity contribution in [3.8, 4) is 5.75 Å². The first kappa shape index (κ1) is 14.1. The van der Waals surface area contributed by atoms with Crippen LogP contribution in [0.1, 0.15) is 0 Å². The summed E-state index contributed by atoms with van der Waals surface area (Å²) in [4.78, 5) is 1.91. The molecular formula is C15H16F2N2O. The minimum atomic E-state index is -0.702. The maximum atomic E-state index is 13.4. The Labute approximate surface area is 116 Å². The van der Waals surface area contributed by atoms with Gasteiger partial charge in [0.2, 0.25) is 0 Å². The molecule has 0 heterocycles. The topological polar surface area (TPSA) is 38.5 Å². The number of nitrogen functional groups attached to an aromatic ring is 1. The van der Waals surface area contributed by atoms with Crippen LogP contribution in [0.25, 0.3) is 0 Å². The van der Waals surface area contributed by atoms with E-state index in [1.807, 2.05) is 36.2 Å². The van der Waals surface area contributed by atoms with E-state index in [9.17, 15) is 8.78 Å². The maximum absolute atomic E-state index is 13.4. The Kier molecular flexibility index (Phi) is 4.40. The van der Waals surface area contributed by atoms with E-state index in [1.54, 1.807) is 0 Å². The van der Waals surface area contributed by atoms with Crippen molar-refractivity contribution in [1.82, 2.24) is 0 Å². The van der Waals surface area contributed by atoms with Gasteiger partial charge in [-0.15, -0.1) is 0 Å². The smallest absolute Gasteiger partial charge is 0.167 e. The molecule has 0 saturated heterocycles. The number of nitrogens with zero attached hydrogens (tertiary/aromatic N) is 1. The lowest BCUT2D eigenvalue weighted by molar-refractivity contribution is 0.308. The zero-order chi connectivity index (χ0) is 14.5. The second kappa shape index (κ2) is 6.23. The summed E-state index contributed by atoms with van der Waals surface area (Å²) in [5.74, 6) is -1.28. The Morgan fingerprint density at radius 1 is 1.15 bits per heavy atom. The predicted octanol–water partition coefficient (Wildman–Crippen LogP) is 3.06. The molecule has 0 atom stereocenters. The second-order valence-electron chi connectivity index (χ2n) is 4.40. The van der Waals surface area contributed by atoms with E-state index in [-0.39, 0.29) is 12.4 Å². The number of nitrogens with two attached hydrogens (primary N) is 1. The maximum Gasteiger partial charge on any atom is 0.167 e. The molecule has 2 rings (SSSR count). The van der Waals surface area contributed by atoms with Crippen LogP contribution >= 0.6 is 0 Å². The predicted molar refractivity (Wildman–Crippen MR) is 76.0 cm³/mol. The van der Waals surface area contributed by atoms with E-state index < -0.39 is 11.6 Å². The van der Waals surface area contributed by atoms with Gasteiger partial charge in [0.15, 0.2) is 11.6 Å². The Bertz CT molecular complexity index is 590. The lowest BCUT2D eigenvalue weighted by atomic mass is 10.2. The van der Waals surface area contributed by atoms with Gasteiger partial charge in [0, 0.05) is 13.1 Å². The second-order valence-corrected chi connectivity index (χ2v) is 4.40. The van der Waals surface area contributed by atoms with Crippen molar-refractivity contribution in [3.63, 3.8) is 0 Å². The highest BCUT2D eigenvalue weighted by molar-refractivity contribution is 5.66. The molecule has 0 unspecified atom stereocenters. The summed E-state index contributed by atoms with van der Waals surface area (Å²) in [5.41, 5.74) is 7.42. The number of benzene rings is 2. The first-order valence-electron chi connectivity index (χ1n) is 6.21. The number of ether oxygens (including phenoxy) is 1. The number of rotatable bonds is 5. The third-order valence-electron chi connectivity index (χ3n) is 2.93. The average Bonchev–Trinajstić information content (AvgIpc) is 2.41. The van der Waals surface area contributed by atoms with E-state index in [0.29, 0.717) is 12.2 Å². The molecule has 0 aliphatic rings. The van der Waals surface area contributed by atoms with Crippen LogP contribution in [0.3, 0.4) is 0 Å². The van der Waals surface area contributed by atoms with Crippen molar-refractivity contribution in [2.45, 2.75) is 0 Å². The number of hydrogen-bond acceptors (Lipinski definition) is 3. The quantitative estimate of drug-likeness (QED) is 0.854. The summed E-state index contributed by atoms with van der Waals surface area (Å²) in [6.45, 7) is 0.804. The molecule has 0 aliphatic heterocycles. The zero-order valence-corrected chi connectivity index (χ0v) is 11.1. The molecule has 0 radical (unpaired) electrons. The van der Waals surface area contributed by atoms with Gasteiger partial charge in [-0.25, -0.2) is 8.78 Å². The molecule has 0 aliphatic carbocycles. The van der Waals surface area contributed by atoms with Crippen molar-refractivity contribution in [2.24, 2.45) is 0 Å². The number of para-hydroxylation sites is 2. The molecule has 3 nitrogen and oxygen atoms in total. The number of halogens is 2. The molecule has 0 amide bonds. The van der Waals surface area contributed by atoms with E-state index in [2.05, 4.69) is 0 Å². The molecule has 2 aromatic carbocycles. The number of likely N-dealkylation sites (N-methyl/N-ethyl adjacent to an activating group) is 1. The monoisotopic (exact) mass is 278 g/mol. The van der Waals surface area contributed by atoms with Crippen molar-refractivity contribution in [1.29, 1.82) is 0 Å². The van der Waals surface area contributed by atoms with Gasteiger partial charge in [0.1, 0.15) is 12.4 Å². The van der Waals surface area contributed by atoms with Crippen molar-refractivity contribution in [3.05, 3.63) is 54.1 Å². The van der Waals surface area contributed by atoms with Gasteiger partial charge >= 0.3 is 0 Å². The molecule has 5 heteroatoms. The summed E-state index contributed by atoms with van der Waals surface area (Å²) < 4.78 is 31.4. The summed E-state index contributed by atoms with van der Waals surface area (Å²) in [7, 11) is 1.87. The summed E-state index contributed by atoms with van der Waals surface area (Å²) in [5, 5.41) is 0. The van der Waals surface area contributed by atoms with Crippen molar-refractivity contribution >= 4 is 11.4 Å². The minimum Gasteiger partial charge on any atom is -0.489 e. The number of hydrogen-bond donors (Lipinski definition) is 1. The summed E-state index contributed by atoms with van der Waals surface area (Å²) in [6.07, 6.45) is 0. The highest BCUT2D eigenvalue weighted by atomic mass is 19.1. The largest absolute Gasteiger partial charge is 0.489 e. The van der Waals surface area contributed by atoms with Crippen molar-refractivity contribution < 1.29 is 13.5 Å². The summed E-state index contributed by atoms with van der Waals surface area (Å²) >= 11 is 0. The van der Waals surface area contributed by atoms with Gasteiger partial charge < -0.3 is 15.4 Å². The molecule has 0 fully saturated rings. The van der Waals surface area contributed by atoms with Crippen LogP contribution in [0.5, 0.6) is 5.75 Å². The molecule has 0 aromatic heterocycles. The van der Waals surface area contributed by atoms with Crippen LogP contribution in [0.2, 0.25) is 0 Å². The highest BCUT2D eigenvalue weighted by Gasteiger charge is 2.07. The van der Waals surface area contributed by atoms with Crippen molar-refractivity contribution in [2.75, 3.05) is 30.8 Å². The van der Waals surface area contributed by atoms with Gasteiger partial charge in [-0.05, 0) is 24.3 Å². The van der Waals surface area contributed by atoms with Gasteiger partial charge in [0.05, 0.1) is 17.9 Å². The van der Waals surface area contributed by atoms with Crippen LogP contribution in [0.4, 0.5) is 20.2 Å². The van der Waals surface area contributed by atoms with Crippen LogP contribution in [0, 0.1) is 11.6 Å². The van der Waals surface area contributed by atoms with Gasteiger partial charge in [0.25, 0.3) is 0 Å². The third-order valence-corrected chi connectivity index (χ3v) is 2.93. The fourth-order valence-electron chi connectivity index (χ4n) is 1.84. The van der Waals surface area contributed by atoms with E-state index in [0.717, 1.165) is 17.8 Å². The van der Waals surface area contributed by atoms with Crippen LogP contribution in [-0.4, -0.2) is 20.2 Å². The Morgan fingerprint density at radius 2 is 1.90 bits per heavy atom. The van der Waals surface area contributed by atoms with Gasteiger partial charge in [-0.2, -0.15) is 0 Å². The van der Waals surface area contributed by atoms with E-state index >= 15 is 0 Å². The molecule has 0 saturated carbocycles. The fourth-order valence-corrected chi connectivity index (χ4v) is 1.84. The van der Waals surface area contributed by atoms with E-state index in [4.69, 9.17) is 10.5 Å². The molecule has 0 spiro atoms. The first-order chi connectivity index (χ1) is 9.58. The molecular weight excluding hydrogens is 262 g/mol. The SMILES string of the molecule is CN(CCOc1ccc(F)cc1F)c1ccccc1N. The Morgan fingerprint density at radius 3 is 2.60 bits per heavy atom. The lowest BCUT2D eigenvalue weighted by Crippen LogP contribution is -2.24. The van der Waals surface area contributed by atoms with Gasteiger partial charge in [-0.1, -0.05) is 12.1 Å². The van der Waals surface area contributed by atoms with Gasteiger partial charge in [-0.3, -0.25) is 0 Å². The van der Waals surface area contributed by atoms with Crippen LogP contribution in [-0.2, 0) is 0 Å². The Balaban J connectivity index is 1.91. The third kappa shape index (κ3) is 3.38. The average molecular weight is 278 g/mol. The molecule has 106 valence electrons. The standard InChI is InChI=1S/C15H16F2N2O/c1-19(14-5-3-2-4-13(14)18)8-9-20-15-7-6-11(16)10-12(15)17/h2-7,10H,8-9,18H2,1H3. The lowest BCUT2D eigenvalue weighted by Gasteiger charge is -2.21. The van der Waals surface area contributed by atoms with Crippen LogP contribution < -0.4 is 15.4 Å². The highest BCUT2D eigenvalue weighted by Crippen LogP contribution is 2.21. The molecule has 2 N–H and O–H groups in total. The summed E-state index contributed by atoms with van der Waals surface area (Å²) in [6, 6.07) is 10.7. The fraction of sp³-hybridized carbons (Fsp3) is 0.200. The number of anilines is 2. The Hall–Kier alpha value is -2.30. The van der Waals surface area contributed by atoms with E-state index in [1.165, 1.54) is 6.07 Å². The zero-order valence-electron chi connectivity index (χ0n) is 11.1. The van der Waals surface area contributed by atoms with Crippen LogP contribution in [0.15, 0.2) is 42.5 Å². The molecule has 2 aromatic rings. The first-order valence-corrected chi connectivity index (χ1v) is 6.21. The normalized spacial score (nSPS) is 10.3. The minimum absolute atomic E-state index is 0.0424. The molecule has 20 heavy (non-hydrogen) atoms.